The first kappa shape index (κ1) is 51.7. The van der Waals surface area contributed by atoms with Gasteiger partial charge in [-0.25, -0.2) is 0 Å². The number of hydrogen-bond acceptors (Lipinski definition) is 6. The largest absolute Gasteiger partial charge is 0.307 e. The maximum absolute atomic E-state index is 4.98. The van der Waals surface area contributed by atoms with Gasteiger partial charge in [-0.2, -0.15) is 0 Å². The fourth-order valence-corrected chi connectivity index (χ4v) is 16.4. The maximum Gasteiger partial charge on any atom is 0.113 e. The molecule has 0 saturated carbocycles. The molecule has 1 aliphatic carbocycles. The minimum Gasteiger partial charge on any atom is -0.307 e. The number of halogens is 1. The number of fused-ring (bicyclic) bond motifs is 18. The fraction of sp³-hybridized carbons (Fsp3) is 0.0123. The van der Waals surface area contributed by atoms with E-state index in [0.717, 1.165) is 55.3 Å². The lowest BCUT2D eigenvalue weighted by molar-refractivity contribution is 1.17. The summed E-state index contributed by atoms with van der Waals surface area (Å²) >= 11 is 7.24. The third-order valence-corrected chi connectivity index (χ3v) is 20.8. The number of hydrogen-bond donors (Lipinski definition) is 0. The molecule has 416 valence electrons. The van der Waals surface area contributed by atoms with Crippen molar-refractivity contribution in [3.8, 4) is 39.1 Å². The second kappa shape index (κ2) is 20.9. The Bertz CT molecular complexity index is 5960. The molecule has 0 atom stereocenters. The Labute approximate surface area is 527 Å². The summed E-state index contributed by atoms with van der Waals surface area (Å²) in [5, 5.41) is 18.0. The minimum atomic E-state index is 0.890. The summed E-state index contributed by atoms with van der Waals surface area (Å²) in [4.78, 5) is 18.9. The molecule has 0 bridgehead atoms. The lowest BCUT2D eigenvalue weighted by Crippen LogP contribution is -1.99. The van der Waals surface area contributed by atoms with E-state index in [-0.39, 0.29) is 0 Å². The van der Waals surface area contributed by atoms with Crippen LogP contribution in [0, 0.1) is 0 Å². The molecule has 5 heterocycles. The SMILES string of the molecule is Brc1ccc(-c2ccc3c(c2)sc2ccccc23)c2nccnc12.c1ccc2cc3c(cc2c1)Cc1cc2ccccc2cc1-3.c1ccc2cc3c(cc2c1)c1cc2ccccc2cc1n3-c1ccc(-c2ccc3c(c2)sc2ccccc23)c2nccnc12. The van der Waals surface area contributed by atoms with Crippen molar-refractivity contribution in [2.75, 3.05) is 0 Å². The smallest absolute Gasteiger partial charge is 0.113 e. The van der Waals surface area contributed by atoms with Crippen molar-refractivity contribution in [2.24, 2.45) is 0 Å². The van der Waals surface area contributed by atoms with Gasteiger partial charge in [0.15, 0.2) is 0 Å². The van der Waals surface area contributed by atoms with Gasteiger partial charge < -0.3 is 4.57 Å². The van der Waals surface area contributed by atoms with E-state index in [9.17, 15) is 0 Å². The van der Waals surface area contributed by atoms with Crippen LogP contribution in [0.5, 0.6) is 0 Å². The number of rotatable bonds is 3. The van der Waals surface area contributed by atoms with Crippen LogP contribution in [0.3, 0.4) is 0 Å². The van der Waals surface area contributed by atoms with Crippen molar-refractivity contribution in [1.29, 1.82) is 0 Å². The molecule has 5 aromatic heterocycles. The predicted octanol–water partition coefficient (Wildman–Crippen LogP) is 23.1. The lowest BCUT2D eigenvalue weighted by atomic mass is 9.99. The van der Waals surface area contributed by atoms with Crippen LogP contribution in [0.25, 0.3) is 166 Å². The molecule has 0 aliphatic heterocycles. The second-order valence-corrected chi connectivity index (χ2v) is 26.0. The summed E-state index contributed by atoms with van der Waals surface area (Å²) in [5.41, 5.74) is 17.2. The highest BCUT2D eigenvalue weighted by atomic mass is 79.9. The van der Waals surface area contributed by atoms with Crippen molar-refractivity contribution in [3.05, 3.63) is 295 Å². The molecule has 19 aromatic rings. The monoisotopic (exact) mass is 1230 g/mol. The van der Waals surface area contributed by atoms with Crippen molar-refractivity contribution in [2.45, 2.75) is 6.42 Å². The molecule has 89 heavy (non-hydrogen) atoms. The van der Waals surface area contributed by atoms with Crippen LogP contribution in [0.2, 0.25) is 0 Å². The topological polar surface area (TPSA) is 56.5 Å². The molecule has 20 rings (SSSR count). The van der Waals surface area contributed by atoms with E-state index < -0.39 is 0 Å². The van der Waals surface area contributed by atoms with Crippen LogP contribution >= 0.6 is 38.6 Å². The van der Waals surface area contributed by atoms with E-state index in [1.807, 2.05) is 34.9 Å². The molecule has 1 aliphatic rings. The molecule has 14 aromatic carbocycles. The first-order valence-corrected chi connectivity index (χ1v) is 32.3. The van der Waals surface area contributed by atoms with E-state index >= 15 is 0 Å². The molecule has 0 radical (unpaired) electrons. The van der Waals surface area contributed by atoms with E-state index in [1.54, 1.807) is 18.6 Å². The van der Waals surface area contributed by atoms with Crippen LogP contribution < -0.4 is 0 Å². The van der Waals surface area contributed by atoms with Crippen LogP contribution in [-0.2, 0) is 6.42 Å². The van der Waals surface area contributed by atoms with Crippen molar-refractivity contribution in [1.82, 2.24) is 24.5 Å². The highest BCUT2D eigenvalue weighted by Crippen LogP contribution is 2.44. The number of nitrogens with zero attached hydrogens (tertiary/aromatic N) is 5. The van der Waals surface area contributed by atoms with Crippen LogP contribution in [0.15, 0.2) is 284 Å². The summed E-state index contributed by atoms with van der Waals surface area (Å²) in [6, 6.07) is 92.5. The molecule has 0 unspecified atom stereocenters. The van der Waals surface area contributed by atoms with Gasteiger partial charge in [0.25, 0.3) is 0 Å². The minimum absolute atomic E-state index is 0.890. The fourth-order valence-electron chi connectivity index (χ4n) is 13.7. The van der Waals surface area contributed by atoms with Crippen LogP contribution in [0.1, 0.15) is 11.1 Å². The van der Waals surface area contributed by atoms with Crippen molar-refractivity contribution in [3.63, 3.8) is 0 Å². The predicted molar refractivity (Wildman–Crippen MR) is 382 cm³/mol. The molecular formula is C81H48BrN5S2. The maximum atomic E-state index is 4.98. The molecule has 0 amide bonds. The van der Waals surface area contributed by atoms with Gasteiger partial charge in [-0.3, -0.25) is 19.9 Å². The molecule has 5 nitrogen and oxygen atoms in total. The molecule has 8 heteroatoms. The van der Waals surface area contributed by atoms with Gasteiger partial charge in [-0.05, 0) is 178 Å². The van der Waals surface area contributed by atoms with Gasteiger partial charge in [0.1, 0.15) is 11.0 Å². The number of aromatic nitrogens is 5. The standard InChI is InChI=1S/C40H23N3S.C21H14.C20H11BrN2S/c1-3-9-26-21-35-32(19-24(26)7-1)33-20-25-8-2-4-10-27(25)22-36(33)43(35)34-16-15-29(39-40(34)42-18-17-41-39)28-13-14-31-30-11-5-6-12-37(30)44-38(31)23-28;1-3-7-16-12-20-18(9-14(16)5-1)11-19-10-15-6-2-4-8-17(15)13-21(19)20;21-16-8-7-13(19-20(16)23-10-9-22-19)12-5-6-15-14-3-1-2-4-17(14)24-18(15)11-12/h1-23H;1-10,12-13H,11H2;1-11H. The van der Waals surface area contributed by atoms with Gasteiger partial charge in [-0.1, -0.05) is 176 Å². The Balaban J connectivity index is 0.000000110. The quantitative estimate of drug-likeness (QED) is 0.177. The van der Waals surface area contributed by atoms with Crippen LogP contribution in [0.4, 0.5) is 0 Å². The van der Waals surface area contributed by atoms with Gasteiger partial charge >= 0.3 is 0 Å². The van der Waals surface area contributed by atoms with Crippen LogP contribution in [-0.4, -0.2) is 24.5 Å². The highest BCUT2D eigenvalue weighted by molar-refractivity contribution is 9.10. The molecule has 0 fully saturated rings. The average molecular weight is 1240 g/mol. The van der Waals surface area contributed by atoms with E-state index in [0.29, 0.717) is 0 Å². The molecule has 0 saturated heterocycles. The average Bonchev–Trinajstić information content (AvgIpc) is 1.67. The van der Waals surface area contributed by atoms with Gasteiger partial charge in [-0.15, -0.1) is 22.7 Å². The summed E-state index contributed by atoms with van der Waals surface area (Å²) in [6.07, 6.45) is 8.15. The zero-order valence-corrected chi connectivity index (χ0v) is 50.9. The zero-order valence-electron chi connectivity index (χ0n) is 47.7. The van der Waals surface area contributed by atoms with Gasteiger partial charge in [0.05, 0.1) is 27.8 Å². The summed E-state index contributed by atoms with van der Waals surface area (Å²) in [6.45, 7) is 0. The molecular weight excluding hydrogens is 1190 g/mol. The first-order valence-electron chi connectivity index (χ1n) is 29.9. The summed E-state index contributed by atoms with van der Waals surface area (Å²) < 4.78 is 8.58. The lowest BCUT2D eigenvalue weighted by Gasteiger charge is -2.14. The first-order chi connectivity index (χ1) is 44.0. The number of benzene rings is 14. The Morgan fingerprint density at radius 3 is 1.17 bits per heavy atom. The van der Waals surface area contributed by atoms with Crippen molar-refractivity contribution >= 4 is 166 Å². The highest BCUT2D eigenvalue weighted by Gasteiger charge is 2.22. The van der Waals surface area contributed by atoms with E-state index in [4.69, 9.17) is 9.97 Å². The Morgan fingerprint density at radius 2 is 0.674 bits per heavy atom. The third-order valence-electron chi connectivity index (χ3n) is 17.9. The molecule has 0 N–H and O–H groups in total. The van der Waals surface area contributed by atoms with Gasteiger partial charge in [0, 0.05) is 91.5 Å². The third kappa shape index (κ3) is 8.69. The second-order valence-electron chi connectivity index (χ2n) is 23.0. The van der Waals surface area contributed by atoms with E-state index in [2.05, 4.69) is 279 Å². The summed E-state index contributed by atoms with van der Waals surface area (Å²) in [7, 11) is 0. The normalized spacial score (nSPS) is 12.1. The molecule has 0 spiro atoms. The van der Waals surface area contributed by atoms with Gasteiger partial charge in [0.2, 0.25) is 0 Å². The number of thiophene rings is 2. The van der Waals surface area contributed by atoms with E-state index in [1.165, 1.54) is 133 Å². The summed E-state index contributed by atoms with van der Waals surface area (Å²) in [5.74, 6) is 0. The zero-order chi connectivity index (χ0) is 58.7. The van der Waals surface area contributed by atoms with Crippen molar-refractivity contribution < 1.29 is 0 Å². The Morgan fingerprint density at radius 1 is 0.292 bits per heavy atom. The Kier molecular flexibility index (Phi) is 12.1. The Hall–Kier alpha value is -10.5.